The molecule has 0 radical (unpaired) electrons. The fourth-order valence-corrected chi connectivity index (χ4v) is 2.68. The molecule has 1 aromatic rings. The van der Waals surface area contributed by atoms with Crippen molar-refractivity contribution in [2.24, 2.45) is 10.7 Å². The molecule has 3 N–H and O–H groups in total. The Morgan fingerprint density at radius 1 is 1.47 bits per heavy atom. The molecule has 1 aromatic carbocycles. The van der Waals surface area contributed by atoms with E-state index in [0.29, 0.717) is 18.5 Å². The highest BCUT2D eigenvalue weighted by atomic mass is 79.9. The van der Waals surface area contributed by atoms with Crippen molar-refractivity contribution in [2.45, 2.75) is 38.3 Å². The van der Waals surface area contributed by atoms with Gasteiger partial charge in [-0.15, -0.1) is 0 Å². The summed E-state index contributed by atoms with van der Waals surface area (Å²) in [5.74, 6) is 1.35. The topological polar surface area (TPSA) is 59.6 Å². The molecule has 104 valence electrons. The van der Waals surface area contributed by atoms with Gasteiger partial charge in [0.1, 0.15) is 5.75 Å². The molecular weight excluding hydrogens is 306 g/mol. The molecule has 1 aliphatic rings. The van der Waals surface area contributed by atoms with Crippen LogP contribution in [0.4, 0.5) is 0 Å². The van der Waals surface area contributed by atoms with Gasteiger partial charge >= 0.3 is 0 Å². The van der Waals surface area contributed by atoms with Gasteiger partial charge in [-0.25, -0.2) is 4.99 Å². The lowest BCUT2D eigenvalue weighted by atomic mass is 10.2. The van der Waals surface area contributed by atoms with Crippen molar-refractivity contribution in [1.82, 2.24) is 5.32 Å². The summed E-state index contributed by atoms with van der Waals surface area (Å²) in [6.45, 7) is 0.530. The molecule has 0 atom stereocenters. The second-order valence-electron chi connectivity index (χ2n) is 4.78. The summed E-state index contributed by atoms with van der Waals surface area (Å²) in [7, 11) is 1.66. The van der Waals surface area contributed by atoms with Gasteiger partial charge in [0, 0.05) is 16.1 Å². The Labute approximate surface area is 122 Å². The van der Waals surface area contributed by atoms with Gasteiger partial charge in [0.25, 0.3) is 0 Å². The Hall–Kier alpha value is -1.23. The third kappa shape index (κ3) is 4.13. The van der Waals surface area contributed by atoms with Gasteiger partial charge in [0.15, 0.2) is 5.96 Å². The molecule has 19 heavy (non-hydrogen) atoms. The van der Waals surface area contributed by atoms with Crippen LogP contribution >= 0.6 is 15.9 Å². The van der Waals surface area contributed by atoms with Crippen LogP contribution in [0.3, 0.4) is 0 Å². The first-order valence-electron chi connectivity index (χ1n) is 6.58. The maximum absolute atomic E-state index is 5.91. The minimum absolute atomic E-state index is 0.496. The first-order valence-corrected chi connectivity index (χ1v) is 7.37. The smallest absolute Gasteiger partial charge is 0.189 e. The second-order valence-corrected chi connectivity index (χ2v) is 5.70. The molecule has 1 saturated carbocycles. The number of nitrogens with one attached hydrogen (secondary N) is 1. The van der Waals surface area contributed by atoms with Gasteiger partial charge in [-0.1, -0.05) is 34.8 Å². The fraction of sp³-hybridized carbons (Fsp3) is 0.500. The maximum atomic E-state index is 5.91. The van der Waals surface area contributed by atoms with Crippen molar-refractivity contribution >= 4 is 21.9 Å². The minimum atomic E-state index is 0.496. The monoisotopic (exact) mass is 325 g/mol. The van der Waals surface area contributed by atoms with Gasteiger partial charge in [-0.05, 0) is 25.0 Å². The normalized spacial score (nSPS) is 16.6. The van der Waals surface area contributed by atoms with Crippen molar-refractivity contribution in [1.29, 1.82) is 0 Å². The van der Waals surface area contributed by atoms with E-state index in [1.807, 2.05) is 18.2 Å². The number of rotatable bonds is 4. The zero-order chi connectivity index (χ0) is 13.7. The van der Waals surface area contributed by atoms with Gasteiger partial charge in [0.05, 0.1) is 13.7 Å². The number of guanidine groups is 1. The van der Waals surface area contributed by atoms with Crippen molar-refractivity contribution in [3.8, 4) is 5.75 Å². The molecule has 1 fully saturated rings. The number of hydrogen-bond acceptors (Lipinski definition) is 2. The number of ether oxygens (including phenoxy) is 1. The third-order valence-corrected chi connectivity index (χ3v) is 3.87. The number of benzene rings is 1. The summed E-state index contributed by atoms with van der Waals surface area (Å²) in [5, 5.41) is 3.28. The van der Waals surface area contributed by atoms with E-state index < -0.39 is 0 Å². The van der Waals surface area contributed by atoms with Crippen LogP contribution in [0.5, 0.6) is 5.75 Å². The van der Waals surface area contributed by atoms with Crippen LogP contribution in [-0.2, 0) is 6.54 Å². The standard InChI is InChI=1S/C14H20BrN3O/c1-19-13-8-11(15)7-6-10(13)9-17-14(16)18-12-4-2-3-5-12/h6-8,12H,2-5,9H2,1H3,(H3,16,17,18). The largest absolute Gasteiger partial charge is 0.496 e. The molecule has 0 heterocycles. The van der Waals surface area contributed by atoms with E-state index in [0.717, 1.165) is 15.8 Å². The molecule has 2 rings (SSSR count). The lowest BCUT2D eigenvalue weighted by Crippen LogP contribution is -2.38. The number of nitrogens with zero attached hydrogens (tertiary/aromatic N) is 1. The fourth-order valence-electron chi connectivity index (χ4n) is 2.34. The van der Waals surface area contributed by atoms with Crippen LogP contribution in [0.2, 0.25) is 0 Å². The van der Waals surface area contributed by atoms with Crippen molar-refractivity contribution < 1.29 is 4.74 Å². The molecule has 1 aliphatic carbocycles. The van der Waals surface area contributed by atoms with E-state index in [1.165, 1.54) is 25.7 Å². The summed E-state index contributed by atoms with van der Waals surface area (Å²) < 4.78 is 6.33. The van der Waals surface area contributed by atoms with Crippen LogP contribution in [0.25, 0.3) is 0 Å². The summed E-state index contributed by atoms with van der Waals surface area (Å²) in [4.78, 5) is 4.38. The van der Waals surface area contributed by atoms with Crippen molar-refractivity contribution in [2.75, 3.05) is 7.11 Å². The quantitative estimate of drug-likeness (QED) is 0.661. The first kappa shape index (κ1) is 14.2. The predicted octanol–water partition coefficient (Wildman–Crippen LogP) is 2.80. The molecule has 0 unspecified atom stereocenters. The third-order valence-electron chi connectivity index (χ3n) is 3.38. The molecule has 0 aromatic heterocycles. The van der Waals surface area contributed by atoms with Gasteiger partial charge in [0.2, 0.25) is 0 Å². The Morgan fingerprint density at radius 3 is 2.89 bits per heavy atom. The van der Waals surface area contributed by atoms with E-state index in [2.05, 4.69) is 26.2 Å². The number of nitrogens with two attached hydrogens (primary N) is 1. The van der Waals surface area contributed by atoms with Gasteiger partial charge < -0.3 is 15.8 Å². The molecular formula is C14H20BrN3O. The summed E-state index contributed by atoms with van der Waals surface area (Å²) in [6, 6.07) is 6.41. The van der Waals surface area contributed by atoms with Crippen LogP contribution < -0.4 is 15.8 Å². The average molecular weight is 326 g/mol. The van der Waals surface area contributed by atoms with Crippen LogP contribution in [0, 0.1) is 0 Å². The lowest BCUT2D eigenvalue weighted by molar-refractivity contribution is 0.409. The SMILES string of the molecule is COc1cc(Br)ccc1CN=C(N)NC1CCCC1. The summed E-state index contributed by atoms with van der Waals surface area (Å²) in [6.07, 6.45) is 4.95. The van der Waals surface area contributed by atoms with Crippen molar-refractivity contribution in [3.63, 3.8) is 0 Å². The number of halogens is 1. The van der Waals surface area contributed by atoms with E-state index in [4.69, 9.17) is 10.5 Å². The maximum Gasteiger partial charge on any atom is 0.189 e. The molecule has 0 amide bonds. The molecule has 5 heteroatoms. The van der Waals surface area contributed by atoms with Gasteiger partial charge in [-0.3, -0.25) is 0 Å². The highest BCUT2D eigenvalue weighted by molar-refractivity contribution is 9.10. The molecule has 4 nitrogen and oxygen atoms in total. The molecule has 0 saturated heterocycles. The van der Waals surface area contributed by atoms with Crippen LogP contribution in [0.15, 0.2) is 27.7 Å². The Morgan fingerprint density at radius 2 is 2.21 bits per heavy atom. The lowest BCUT2D eigenvalue weighted by Gasteiger charge is -2.12. The number of methoxy groups -OCH3 is 1. The number of hydrogen-bond donors (Lipinski definition) is 2. The Balaban J connectivity index is 1.96. The zero-order valence-corrected chi connectivity index (χ0v) is 12.7. The van der Waals surface area contributed by atoms with E-state index in [1.54, 1.807) is 7.11 Å². The van der Waals surface area contributed by atoms with E-state index in [9.17, 15) is 0 Å². The Bertz CT molecular complexity index is 456. The molecule has 0 aliphatic heterocycles. The van der Waals surface area contributed by atoms with Crippen molar-refractivity contribution in [3.05, 3.63) is 28.2 Å². The highest BCUT2D eigenvalue weighted by Gasteiger charge is 2.14. The van der Waals surface area contributed by atoms with Crippen LogP contribution in [-0.4, -0.2) is 19.1 Å². The van der Waals surface area contributed by atoms with E-state index >= 15 is 0 Å². The minimum Gasteiger partial charge on any atom is -0.496 e. The second kappa shape index (κ2) is 6.80. The predicted molar refractivity (Wildman–Crippen MR) is 81.4 cm³/mol. The average Bonchev–Trinajstić information content (AvgIpc) is 2.90. The number of aliphatic imine (C=N–C) groups is 1. The summed E-state index contributed by atoms with van der Waals surface area (Å²) >= 11 is 3.42. The van der Waals surface area contributed by atoms with Gasteiger partial charge in [-0.2, -0.15) is 0 Å². The Kier molecular flexibility index (Phi) is 5.07. The van der Waals surface area contributed by atoms with E-state index in [-0.39, 0.29) is 0 Å². The summed E-state index contributed by atoms with van der Waals surface area (Å²) in [5.41, 5.74) is 6.94. The molecule has 0 bridgehead atoms. The molecule has 0 spiro atoms. The van der Waals surface area contributed by atoms with Crippen LogP contribution in [0.1, 0.15) is 31.2 Å². The zero-order valence-electron chi connectivity index (χ0n) is 11.2. The highest BCUT2D eigenvalue weighted by Crippen LogP contribution is 2.24. The first-order chi connectivity index (χ1) is 9.19.